The van der Waals surface area contributed by atoms with Crippen LogP contribution < -0.4 is 10.6 Å². The first kappa shape index (κ1) is 18.6. The molecular weight excluding hydrogens is 324 g/mol. The first-order valence-electron chi connectivity index (χ1n) is 8.34. The SMILES string of the molecule is CC(C)(C)OC(=O)NC1CCCCC1NC(=O)c1ccccc1S. The molecule has 132 valence electrons. The summed E-state index contributed by atoms with van der Waals surface area (Å²) in [4.78, 5) is 25.2. The molecule has 5 nitrogen and oxygen atoms in total. The first-order chi connectivity index (χ1) is 11.3. The molecule has 0 saturated heterocycles. The Balaban J connectivity index is 2.00. The summed E-state index contributed by atoms with van der Waals surface area (Å²) in [5.74, 6) is -0.163. The van der Waals surface area contributed by atoms with Crippen molar-refractivity contribution in [2.75, 3.05) is 0 Å². The van der Waals surface area contributed by atoms with E-state index in [4.69, 9.17) is 4.74 Å². The molecule has 1 aliphatic rings. The van der Waals surface area contributed by atoms with Crippen LogP contribution in [0, 0.1) is 0 Å². The Hall–Kier alpha value is -1.69. The van der Waals surface area contributed by atoms with Gasteiger partial charge < -0.3 is 15.4 Å². The number of hydrogen-bond donors (Lipinski definition) is 3. The molecule has 2 amide bonds. The van der Waals surface area contributed by atoms with Crippen molar-refractivity contribution in [1.82, 2.24) is 10.6 Å². The molecule has 2 N–H and O–H groups in total. The Morgan fingerprint density at radius 1 is 1.08 bits per heavy atom. The lowest BCUT2D eigenvalue weighted by Gasteiger charge is -2.33. The highest BCUT2D eigenvalue weighted by Crippen LogP contribution is 2.21. The highest BCUT2D eigenvalue weighted by atomic mass is 32.1. The zero-order chi connectivity index (χ0) is 17.7. The van der Waals surface area contributed by atoms with Gasteiger partial charge in [0, 0.05) is 10.9 Å². The Morgan fingerprint density at radius 2 is 1.67 bits per heavy atom. The number of benzene rings is 1. The molecule has 0 heterocycles. The lowest BCUT2D eigenvalue weighted by Crippen LogP contribution is -2.54. The summed E-state index contributed by atoms with van der Waals surface area (Å²) in [5.41, 5.74) is 0.00469. The number of hydrogen-bond acceptors (Lipinski definition) is 4. The van der Waals surface area contributed by atoms with Gasteiger partial charge in [-0.1, -0.05) is 25.0 Å². The van der Waals surface area contributed by atoms with E-state index in [9.17, 15) is 9.59 Å². The monoisotopic (exact) mass is 350 g/mol. The van der Waals surface area contributed by atoms with Crippen LogP contribution in [0.3, 0.4) is 0 Å². The van der Waals surface area contributed by atoms with Gasteiger partial charge in [-0.25, -0.2) is 4.79 Å². The third-order valence-electron chi connectivity index (χ3n) is 3.93. The van der Waals surface area contributed by atoms with E-state index in [1.807, 2.05) is 32.9 Å². The van der Waals surface area contributed by atoms with E-state index in [-0.39, 0.29) is 18.0 Å². The van der Waals surface area contributed by atoms with E-state index in [2.05, 4.69) is 23.3 Å². The molecule has 2 unspecified atom stereocenters. The van der Waals surface area contributed by atoms with Crippen molar-refractivity contribution in [3.8, 4) is 0 Å². The van der Waals surface area contributed by atoms with E-state index >= 15 is 0 Å². The Labute approximate surface area is 148 Å². The summed E-state index contributed by atoms with van der Waals surface area (Å²) in [5, 5.41) is 5.94. The Kier molecular flexibility index (Phi) is 6.15. The quantitative estimate of drug-likeness (QED) is 0.731. The molecule has 0 spiro atoms. The van der Waals surface area contributed by atoms with Gasteiger partial charge in [-0.2, -0.15) is 0 Å². The number of nitrogens with one attached hydrogen (secondary N) is 2. The zero-order valence-electron chi connectivity index (χ0n) is 14.5. The summed E-state index contributed by atoms with van der Waals surface area (Å²) < 4.78 is 5.32. The number of carbonyl (C=O) groups is 2. The molecule has 24 heavy (non-hydrogen) atoms. The van der Waals surface area contributed by atoms with Crippen LogP contribution >= 0.6 is 12.6 Å². The second-order valence-corrected chi connectivity index (χ2v) is 7.62. The highest BCUT2D eigenvalue weighted by molar-refractivity contribution is 7.80. The van der Waals surface area contributed by atoms with Crippen LogP contribution in [-0.2, 0) is 4.74 Å². The van der Waals surface area contributed by atoms with Gasteiger partial charge in [0.1, 0.15) is 5.60 Å². The maximum Gasteiger partial charge on any atom is 0.407 e. The van der Waals surface area contributed by atoms with Gasteiger partial charge in [-0.05, 0) is 45.7 Å². The molecule has 0 aromatic heterocycles. The van der Waals surface area contributed by atoms with E-state index in [1.54, 1.807) is 12.1 Å². The fourth-order valence-electron chi connectivity index (χ4n) is 2.85. The smallest absolute Gasteiger partial charge is 0.407 e. The molecule has 1 aliphatic carbocycles. The van der Waals surface area contributed by atoms with Crippen LogP contribution in [0.25, 0.3) is 0 Å². The van der Waals surface area contributed by atoms with Crippen LogP contribution in [0.2, 0.25) is 0 Å². The molecule has 2 atom stereocenters. The minimum atomic E-state index is -0.539. The van der Waals surface area contributed by atoms with Gasteiger partial charge in [-0.15, -0.1) is 12.6 Å². The lowest BCUT2D eigenvalue weighted by atomic mass is 9.90. The summed E-state index contributed by atoms with van der Waals surface area (Å²) in [6.07, 6.45) is 3.27. The van der Waals surface area contributed by atoms with Crippen LogP contribution in [0.4, 0.5) is 4.79 Å². The lowest BCUT2D eigenvalue weighted by molar-refractivity contribution is 0.0474. The van der Waals surface area contributed by atoms with Gasteiger partial charge in [0.2, 0.25) is 0 Å². The number of ether oxygens (including phenoxy) is 1. The van der Waals surface area contributed by atoms with E-state index < -0.39 is 11.7 Å². The minimum absolute atomic E-state index is 0.105. The van der Waals surface area contributed by atoms with Crippen LogP contribution in [0.15, 0.2) is 29.2 Å². The zero-order valence-corrected chi connectivity index (χ0v) is 15.4. The second-order valence-electron chi connectivity index (χ2n) is 7.13. The Morgan fingerprint density at radius 3 is 2.25 bits per heavy atom. The average Bonchev–Trinajstić information content (AvgIpc) is 2.47. The number of carbonyl (C=O) groups excluding carboxylic acids is 2. The largest absolute Gasteiger partial charge is 0.444 e. The minimum Gasteiger partial charge on any atom is -0.444 e. The third-order valence-corrected chi connectivity index (χ3v) is 4.32. The molecule has 1 aromatic carbocycles. The first-order valence-corrected chi connectivity index (χ1v) is 8.79. The maximum atomic E-state index is 12.5. The van der Waals surface area contributed by atoms with Crippen molar-refractivity contribution < 1.29 is 14.3 Å². The predicted molar refractivity (Wildman–Crippen MR) is 96.6 cm³/mol. The van der Waals surface area contributed by atoms with Crippen molar-refractivity contribution in [1.29, 1.82) is 0 Å². The topological polar surface area (TPSA) is 67.4 Å². The van der Waals surface area contributed by atoms with Crippen molar-refractivity contribution in [2.45, 2.75) is 69.0 Å². The molecular formula is C18H26N2O3S. The highest BCUT2D eigenvalue weighted by Gasteiger charge is 2.29. The van der Waals surface area contributed by atoms with Crippen molar-refractivity contribution in [3.63, 3.8) is 0 Å². The van der Waals surface area contributed by atoms with Crippen molar-refractivity contribution in [2.24, 2.45) is 0 Å². The van der Waals surface area contributed by atoms with E-state index in [1.165, 1.54) is 0 Å². The van der Waals surface area contributed by atoms with Gasteiger partial charge in [0.15, 0.2) is 0 Å². The van der Waals surface area contributed by atoms with E-state index in [0.717, 1.165) is 25.7 Å². The maximum absolute atomic E-state index is 12.5. The summed E-state index contributed by atoms with van der Waals surface area (Å²) in [6, 6.07) is 6.96. The van der Waals surface area contributed by atoms with Gasteiger partial charge in [-0.3, -0.25) is 4.79 Å². The molecule has 2 rings (SSSR count). The molecule has 0 radical (unpaired) electrons. The van der Waals surface area contributed by atoms with E-state index in [0.29, 0.717) is 10.5 Å². The van der Waals surface area contributed by atoms with Crippen LogP contribution in [0.1, 0.15) is 56.8 Å². The van der Waals surface area contributed by atoms with Crippen LogP contribution in [0.5, 0.6) is 0 Å². The van der Waals surface area contributed by atoms with Crippen molar-refractivity contribution >= 4 is 24.6 Å². The summed E-state index contributed by atoms with van der Waals surface area (Å²) in [6.45, 7) is 5.49. The molecule has 0 bridgehead atoms. The average molecular weight is 350 g/mol. The second kappa shape index (κ2) is 7.92. The standard InChI is InChI=1S/C18H26N2O3S/c1-18(2,3)23-17(22)20-14-10-6-5-9-13(14)19-16(21)12-8-4-7-11-15(12)24/h4,7-8,11,13-14,24H,5-6,9-10H2,1-3H3,(H,19,21)(H,20,22). The molecule has 1 fully saturated rings. The number of rotatable bonds is 3. The fourth-order valence-corrected chi connectivity index (χ4v) is 3.11. The molecule has 6 heteroatoms. The number of alkyl carbamates (subject to hydrolysis) is 1. The normalized spacial score (nSPS) is 21.0. The number of amides is 2. The van der Waals surface area contributed by atoms with Crippen LogP contribution in [-0.4, -0.2) is 29.7 Å². The van der Waals surface area contributed by atoms with Crippen molar-refractivity contribution in [3.05, 3.63) is 29.8 Å². The molecule has 1 aromatic rings. The molecule has 1 saturated carbocycles. The van der Waals surface area contributed by atoms with Gasteiger partial charge in [0.05, 0.1) is 11.6 Å². The van der Waals surface area contributed by atoms with Gasteiger partial charge in [0.25, 0.3) is 5.91 Å². The van der Waals surface area contributed by atoms with Gasteiger partial charge >= 0.3 is 6.09 Å². The fraction of sp³-hybridized carbons (Fsp3) is 0.556. The Bertz CT molecular complexity index is 598. The molecule has 0 aliphatic heterocycles. The number of thiol groups is 1. The summed E-state index contributed by atoms with van der Waals surface area (Å²) in [7, 11) is 0. The summed E-state index contributed by atoms with van der Waals surface area (Å²) >= 11 is 4.33. The third kappa shape index (κ3) is 5.44. The predicted octanol–water partition coefficient (Wildman–Crippen LogP) is 3.54.